The number of fused-ring (bicyclic) bond motifs is 1. The molecule has 0 radical (unpaired) electrons. The van der Waals surface area contributed by atoms with Gasteiger partial charge in [0.15, 0.2) is 28.5 Å². The molecule has 0 bridgehead atoms. The van der Waals surface area contributed by atoms with E-state index in [-0.39, 0.29) is 32.8 Å². The zero-order valence-electron chi connectivity index (χ0n) is 17.6. The van der Waals surface area contributed by atoms with Crippen molar-refractivity contribution in [3.63, 3.8) is 0 Å². The number of carbonyl (C=O) groups is 1. The van der Waals surface area contributed by atoms with Crippen LogP contribution in [0.15, 0.2) is 48.5 Å². The zero-order valence-corrected chi connectivity index (χ0v) is 19.1. The molecule has 0 saturated heterocycles. The minimum absolute atomic E-state index is 0.00511. The molecule has 4 aromatic rings. The molecule has 1 N–H and O–H groups in total. The molecule has 2 aromatic heterocycles. The van der Waals surface area contributed by atoms with E-state index in [0.717, 1.165) is 12.1 Å². The number of anilines is 1. The number of rotatable bonds is 5. The molecule has 0 atom stereocenters. The lowest BCUT2D eigenvalue weighted by atomic mass is 10.1. The molecule has 12 heteroatoms. The average Bonchev–Trinajstić information content (AvgIpc) is 3.24. The summed E-state index contributed by atoms with van der Waals surface area (Å²) in [5, 5.41) is 6.61. The number of nitrogens with zero attached hydrogens (tertiary/aromatic N) is 3. The third-order valence-corrected chi connectivity index (χ3v) is 5.65. The van der Waals surface area contributed by atoms with Crippen molar-refractivity contribution in [1.82, 2.24) is 14.6 Å². The van der Waals surface area contributed by atoms with Gasteiger partial charge in [0, 0.05) is 11.6 Å². The van der Waals surface area contributed by atoms with Gasteiger partial charge in [0.25, 0.3) is 5.91 Å². The van der Waals surface area contributed by atoms with Crippen LogP contribution in [0, 0.1) is 0 Å². The first kappa shape index (κ1) is 23.7. The van der Waals surface area contributed by atoms with Crippen molar-refractivity contribution in [3.8, 4) is 22.8 Å². The molecule has 0 spiro atoms. The third-order valence-electron chi connectivity index (χ3n) is 4.83. The van der Waals surface area contributed by atoms with Crippen molar-refractivity contribution in [3.05, 3.63) is 70.0 Å². The molecule has 176 valence electrons. The molecule has 0 aliphatic rings. The van der Waals surface area contributed by atoms with E-state index >= 15 is 0 Å². The van der Waals surface area contributed by atoms with E-state index in [1.54, 1.807) is 18.2 Å². The first-order chi connectivity index (χ1) is 16.1. The Labute approximate surface area is 201 Å². The van der Waals surface area contributed by atoms with E-state index < -0.39 is 17.8 Å². The summed E-state index contributed by atoms with van der Waals surface area (Å²) in [6, 6.07) is 11.2. The van der Waals surface area contributed by atoms with Crippen LogP contribution in [-0.4, -0.2) is 34.7 Å². The van der Waals surface area contributed by atoms with Crippen LogP contribution in [0.25, 0.3) is 16.9 Å². The van der Waals surface area contributed by atoms with Gasteiger partial charge in [-0.05, 0) is 36.4 Å². The lowest BCUT2D eigenvalue weighted by Crippen LogP contribution is -2.16. The number of amides is 1. The lowest BCUT2D eigenvalue weighted by Gasteiger charge is -2.12. The molecule has 0 fully saturated rings. The summed E-state index contributed by atoms with van der Waals surface area (Å²) in [7, 11) is 2.85. The number of hydrogen-bond donors (Lipinski definition) is 1. The average molecular weight is 511 g/mol. The van der Waals surface area contributed by atoms with Gasteiger partial charge in [0.2, 0.25) is 0 Å². The van der Waals surface area contributed by atoms with E-state index in [1.807, 2.05) is 0 Å². The summed E-state index contributed by atoms with van der Waals surface area (Å²) in [5.74, 6) is -0.0518. The fourth-order valence-corrected chi connectivity index (χ4v) is 3.57. The van der Waals surface area contributed by atoms with Crippen LogP contribution in [0.2, 0.25) is 10.0 Å². The van der Waals surface area contributed by atoms with Crippen molar-refractivity contribution >= 4 is 40.4 Å². The van der Waals surface area contributed by atoms with Gasteiger partial charge in [-0.3, -0.25) is 4.79 Å². The van der Waals surface area contributed by atoms with Gasteiger partial charge in [-0.25, -0.2) is 9.50 Å². The smallest absolute Gasteiger partial charge is 0.433 e. The molecule has 0 aliphatic heterocycles. The number of hydrogen-bond acceptors (Lipinski definition) is 5. The number of carbonyl (C=O) groups excluding carboxylic acids is 1. The lowest BCUT2D eigenvalue weighted by molar-refractivity contribution is -0.142. The standard InChI is InChI=1S/C22H15Cl2F3N4O3/c1-33-16-7-6-11(8-17(16)34-2)14-9-18(22(25,26)27)31-19(28-14)10-15(30-31)21(32)29-13-5-3-4-12(23)20(13)24/h3-10H,1-2H3,(H,29,32). The summed E-state index contributed by atoms with van der Waals surface area (Å²) in [6.07, 6.45) is -4.78. The van der Waals surface area contributed by atoms with Crippen molar-refractivity contribution in [1.29, 1.82) is 0 Å². The van der Waals surface area contributed by atoms with Gasteiger partial charge in [-0.2, -0.15) is 18.3 Å². The highest BCUT2D eigenvalue weighted by atomic mass is 35.5. The SMILES string of the molecule is COc1ccc(-c2cc(C(F)(F)F)n3nc(C(=O)Nc4cccc(Cl)c4Cl)cc3n2)cc1OC. The Morgan fingerprint density at radius 1 is 1.03 bits per heavy atom. The summed E-state index contributed by atoms with van der Waals surface area (Å²) in [4.78, 5) is 17.0. The predicted octanol–water partition coefficient (Wildman–Crippen LogP) is 5.99. The Balaban J connectivity index is 1.80. The second-order valence-corrected chi connectivity index (χ2v) is 7.73. The maximum absolute atomic E-state index is 13.9. The van der Waals surface area contributed by atoms with Crippen LogP contribution in [0.3, 0.4) is 0 Å². The van der Waals surface area contributed by atoms with Gasteiger partial charge in [0.05, 0.1) is 35.6 Å². The minimum atomic E-state index is -4.78. The Morgan fingerprint density at radius 3 is 2.44 bits per heavy atom. The first-order valence-electron chi connectivity index (χ1n) is 9.58. The number of ether oxygens (including phenoxy) is 2. The predicted molar refractivity (Wildman–Crippen MR) is 121 cm³/mol. The third kappa shape index (κ3) is 4.46. The molecule has 4 rings (SSSR count). The van der Waals surface area contributed by atoms with E-state index in [4.69, 9.17) is 32.7 Å². The number of alkyl halides is 3. The highest BCUT2D eigenvalue weighted by molar-refractivity contribution is 6.44. The number of halogens is 5. The van der Waals surface area contributed by atoms with Gasteiger partial charge in [-0.15, -0.1) is 0 Å². The molecule has 1 amide bonds. The summed E-state index contributed by atoms with van der Waals surface area (Å²) in [5.41, 5.74) is -1.04. The van der Waals surface area contributed by atoms with Crippen molar-refractivity contribution < 1.29 is 27.4 Å². The van der Waals surface area contributed by atoms with Crippen LogP contribution in [0.4, 0.5) is 18.9 Å². The summed E-state index contributed by atoms with van der Waals surface area (Å²) < 4.78 is 52.6. The van der Waals surface area contributed by atoms with Gasteiger partial charge in [0.1, 0.15) is 0 Å². The molecule has 0 unspecified atom stereocenters. The number of aromatic nitrogens is 3. The zero-order chi connectivity index (χ0) is 24.6. The van der Waals surface area contributed by atoms with Gasteiger partial charge >= 0.3 is 6.18 Å². The highest BCUT2D eigenvalue weighted by Gasteiger charge is 2.35. The topological polar surface area (TPSA) is 77.8 Å². The number of benzene rings is 2. The molecule has 7 nitrogen and oxygen atoms in total. The van der Waals surface area contributed by atoms with Crippen LogP contribution in [-0.2, 0) is 6.18 Å². The minimum Gasteiger partial charge on any atom is -0.493 e. The van der Waals surface area contributed by atoms with Crippen molar-refractivity contribution in [2.75, 3.05) is 19.5 Å². The Hall–Kier alpha value is -3.50. The van der Waals surface area contributed by atoms with Crippen LogP contribution in [0.5, 0.6) is 11.5 Å². The highest BCUT2D eigenvalue weighted by Crippen LogP contribution is 2.36. The molecule has 2 aromatic carbocycles. The number of methoxy groups -OCH3 is 2. The summed E-state index contributed by atoms with van der Waals surface area (Å²) >= 11 is 12.0. The molecule has 34 heavy (non-hydrogen) atoms. The van der Waals surface area contributed by atoms with Crippen LogP contribution < -0.4 is 14.8 Å². The fraction of sp³-hybridized carbons (Fsp3) is 0.136. The normalized spacial score (nSPS) is 11.5. The quantitative estimate of drug-likeness (QED) is 0.356. The van der Waals surface area contributed by atoms with E-state index in [0.29, 0.717) is 21.6 Å². The van der Waals surface area contributed by atoms with Gasteiger partial charge in [-0.1, -0.05) is 29.3 Å². The van der Waals surface area contributed by atoms with E-state index in [2.05, 4.69) is 15.4 Å². The maximum atomic E-state index is 13.9. The largest absolute Gasteiger partial charge is 0.493 e. The van der Waals surface area contributed by atoms with Crippen molar-refractivity contribution in [2.24, 2.45) is 0 Å². The monoisotopic (exact) mass is 510 g/mol. The second-order valence-electron chi connectivity index (χ2n) is 6.95. The molecular weight excluding hydrogens is 496 g/mol. The Bertz CT molecular complexity index is 1410. The van der Waals surface area contributed by atoms with Crippen molar-refractivity contribution in [2.45, 2.75) is 6.18 Å². The number of nitrogens with one attached hydrogen (secondary N) is 1. The molecule has 0 saturated carbocycles. The Morgan fingerprint density at radius 2 is 1.76 bits per heavy atom. The fourth-order valence-electron chi connectivity index (χ4n) is 3.22. The molecular formula is C22H15Cl2F3N4O3. The maximum Gasteiger partial charge on any atom is 0.433 e. The van der Waals surface area contributed by atoms with E-state index in [9.17, 15) is 18.0 Å². The summed E-state index contributed by atoms with van der Waals surface area (Å²) in [6.45, 7) is 0. The van der Waals surface area contributed by atoms with Crippen LogP contribution >= 0.6 is 23.2 Å². The first-order valence-corrected chi connectivity index (χ1v) is 10.3. The Kier molecular flexibility index (Phi) is 6.28. The molecule has 2 heterocycles. The second kappa shape index (κ2) is 9.03. The van der Waals surface area contributed by atoms with Gasteiger partial charge < -0.3 is 14.8 Å². The van der Waals surface area contributed by atoms with E-state index in [1.165, 1.54) is 32.4 Å². The molecule has 0 aliphatic carbocycles. The van der Waals surface area contributed by atoms with Crippen LogP contribution in [0.1, 0.15) is 16.2 Å².